The maximum absolute atomic E-state index is 12.8. The molecule has 0 aromatic heterocycles. The molecule has 0 amide bonds. The Morgan fingerprint density at radius 1 is 0.958 bits per heavy atom. The van der Waals surface area contributed by atoms with Gasteiger partial charge in [-0.05, 0) is 27.7 Å². The third-order valence-corrected chi connectivity index (χ3v) is 5.10. The summed E-state index contributed by atoms with van der Waals surface area (Å²) in [4.78, 5) is 0. The molecule has 1 aromatic rings. The normalized spacial score (nSPS) is 21.3. The minimum Gasteiger partial charge on any atom is -0.558 e. The first kappa shape index (κ1) is 21.6. The van der Waals surface area contributed by atoms with Crippen molar-refractivity contribution in [3.05, 3.63) is 29.8 Å². The fraction of sp³-hybridized carbons (Fsp3) is 0.647. The molecule has 0 N–H and O–H groups in total. The van der Waals surface area contributed by atoms with E-state index < -0.39 is 29.5 Å². The second kappa shape index (κ2) is 7.07. The van der Waals surface area contributed by atoms with E-state index in [4.69, 9.17) is 9.31 Å². The van der Waals surface area contributed by atoms with Gasteiger partial charge in [0, 0.05) is 11.2 Å². The Labute approximate surface area is 154 Å². The van der Waals surface area contributed by atoms with Gasteiger partial charge in [-0.3, -0.25) is 0 Å². The summed E-state index contributed by atoms with van der Waals surface area (Å²) >= 11 is 0. The van der Waals surface area contributed by atoms with E-state index in [2.05, 4.69) is 6.92 Å². The Bertz CT molecular complexity index is 540. The second-order valence-corrected chi connectivity index (χ2v) is 7.39. The van der Waals surface area contributed by atoms with Crippen molar-refractivity contribution >= 4 is 12.0 Å². The third-order valence-electron chi connectivity index (χ3n) is 5.10. The number of alkyl halides is 3. The van der Waals surface area contributed by atoms with E-state index in [1.54, 1.807) is 0 Å². The van der Waals surface area contributed by atoms with Crippen molar-refractivity contribution in [2.24, 2.45) is 0 Å². The van der Waals surface area contributed by atoms with Crippen LogP contribution in [0.15, 0.2) is 24.3 Å². The van der Waals surface area contributed by atoms with Gasteiger partial charge in [-0.2, -0.15) is 18.6 Å². The van der Waals surface area contributed by atoms with E-state index in [1.165, 1.54) is 12.1 Å². The first-order chi connectivity index (χ1) is 10.4. The number of halogens is 3. The standard InChI is InChI=1S/C17H25BF3O2.Li/c1-6-7-12-18(22-15(2,3)16(4,5)23-18)14-10-8-13(9-11-14)17(19,20)21;/h8-11H,6-7,12H2,1-5H3;/q-1;+1. The van der Waals surface area contributed by atoms with E-state index in [0.29, 0.717) is 11.8 Å². The maximum atomic E-state index is 12.8. The monoisotopic (exact) mass is 336 g/mol. The van der Waals surface area contributed by atoms with Crippen molar-refractivity contribution in [1.82, 2.24) is 0 Å². The van der Waals surface area contributed by atoms with Gasteiger partial charge in [0.05, 0.1) is 5.56 Å². The molecule has 0 aliphatic carbocycles. The smallest absolute Gasteiger partial charge is 0.558 e. The first-order valence-electron chi connectivity index (χ1n) is 8.17. The molecular formula is C17H25BF3LiO2. The van der Waals surface area contributed by atoms with Crippen LogP contribution in [0.5, 0.6) is 0 Å². The average Bonchev–Trinajstić information content (AvgIpc) is 2.62. The molecule has 1 aromatic carbocycles. The van der Waals surface area contributed by atoms with Crippen LogP contribution in [-0.2, 0) is 15.5 Å². The molecule has 1 heterocycles. The van der Waals surface area contributed by atoms with E-state index in [1.807, 2.05) is 27.7 Å². The zero-order valence-corrected chi connectivity index (χ0v) is 15.5. The summed E-state index contributed by atoms with van der Waals surface area (Å²) in [7, 11) is 0. The van der Waals surface area contributed by atoms with Crippen molar-refractivity contribution in [2.75, 3.05) is 0 Å². The van der Waals surface area contributed by atoms with E-state index in [0.717, 1.165) is 25.0 Å². The topological polar surface area (TPSA) is 18.5 Å². The molecule has 7 heteroatoms. The zero-order valence-electron chi connectivity index (χ0n) is 15.5. The van der Waals surface area contributed by atoms with Crippen LogP contribution in [-0.4, -0.2) is 17.8 Å². The third kappa shape index (κ3) is 4.04. The van der Waals surface area contributed by atoms with Gasteiger partial charge in [-0.25, -0.2) is 0 Å². The van der Waals surface area contributed by atoms with Gasteiger partial charge < -0.3 is 9.31 Å². The van der Waals surface area contributed by atoms with Gasteiger partial charge in [-0.15, -0.1) is 6.32 Å². The molecule has 24 heavy (non-hydrogen) atoms. The summed E-state index contributed by atoms with van der Waals surface area (Å²) in [5.74, 6) is 0. The Balaban J connectivity index is 0.00000288. The van der Waals surface area contributed by atoms with Gasteiger partial charge in [0.15, 0.2) is 0 Å². The van der Waals surface area contributed by atoms with Gasteiger partial charge in [0.2, 0.25) is 0 Å². The zero-order chi connectivity index (χ0) is 17.5. The van der Waals surface area contributed by atoms with Crippen molar-refractivity contribution in [2.45, 2.75) is 71.2 Å². The molecule has 0 radical (unpaired) electrons. The van der Waals surface area contributed by atoms with Crippen molar-refractivity contribution in [1.29, 1.82) is 0 Å². The van der Waals surface area contributed by atoms with Crippen LogP contribution in [0.4, 0.5) is 13.2 Å². The number of hydrogen-bond acceptors (Lipinski definition) is 2. The number of hydrogen-bond donors (Lipinski definition) is 0. The molecule has 1 saturated heterocycles. The van der Waals surface area contributed by atoms with Crippen LogP contribution in [0.25, 0.3) is 0 Å². The van der Waals surface area contributed by atoms with Crippen molar-refractivity contribution in [3.63, 3.8) is 0 Å². The Morgan fingerprint density at radius 3 is 1.79 bits per heavy atom. The van der Waals surface area contributed by atoms with Gasteiger partial charge in [0.25, 0.3) is 6.55 Å². The average molecular weight is 336 g/mol. The second-order valence-electron chi connectivity index (χ2n) is 7.39. The largest absolute Gasteiger partial charge is 1.00 e. The van der Waals surface area contributed by atoms with Crippen molar-refractivity contribution < 1.29 is 41.3 Å². The van der Waals surface area contributed by atoms with Crippen LogP contribution >= 0.6 is 0 Å². The maximum Gasteiger partial charge on any atom is 1.00 e. The summed E-state index contributed by atoms with van der Waals surface area (Å²) in [6.07, 6.45) is -1.79. The Kier molecular flexibility index (Phi) is 6.38. The van der Waals surface area contributed by atoms with Crippen LogP contribution in [0, 0.1) is 0 Å². The minimum absolute atomic E-state index is 0. The fourth-order valence-electron chi connectivity index (χ4n) is 3.12. The molecule has 1 aliphatic rings. The number of benzene rings is 1. The molecule has 0 spiro atoms. The summed E-state index contributed by atoms with van der Waals surface area (Å²) in [5, 5.41) is 0. The molecule has 0 unspecified atom stereocenters. The summed E-state index contributed by atoms with van der Waals surface area (Å²) < 4.78 is 51.0. The van der Waals surface area contributed by atoms with Crippen molar-refractivity contribution in [3.8, 4) is 0 Å². The molecular weight excluding hydrogens is 311 g/mol. The minimum atomic E-state index is -4.34. The predicted molar refractivity (Wildman–Crippen MR) is 86.9 cm³/mol. The number of rotatable bonds is 4. The molecule has 2 nitrogen and oxygen atoms in total. The van der Waals surface area contributed by atoms with Crippen LogP contribution < -0.4 is 24.3 Å². The Morgan fingerprint density at radius 2 is 1.42 bits per heavy atom. The molecule has 0 saturated carbocycles. The van der Waals surface area contributed by atoms with Gasteiger partial charge in [-0.1, -0.05) is 44.0 Å². The van der Waals surface area contributed by atoms with Gasteiger partial charge in [0.1, 0.15) is 0 Å². The Hall–Kier alpha value is -0.408. The molecule has 0 bridgehead atoms. The molecule has 1 fully saturated rings. The SMILES string of the molecule is CCCC[B-]1(c2ccc(C(F)(F)F)cc2)OC(C)(C)C(C)(C)O1.[Li+]. The number of unbranched alkanes of at least 4 members (excludes halogenated alkanes) is 1. The molecule has 0 atom stereocenters. The van der Waals surface area contributed by atoms with Gasteiger partial charge >= 0.3 is 25.0 Å². The summed E-state index contributed by atoms with van der Waals surface area (Å²) in [6.45, 7) is 8.15. The van der Waals surface area contributed by atoms with Crippen LogP contribution in [0.1, 0.15) is 53.0 Å². The quantitative estimate of drug-likeness (QED) is 0.781. The van der Waals surface area contributed by atoms with E-state index in [9.17, 15) is 13.2 Å². The predicted octanol–water partition coefficient (Wildman–Crippen LogP) is 1.76. The molecule has 1 aliphatic heterocycles. The van der Waals surface area contributed by atoms with E-state index >= 15 is 0 Å². The summed E-state index contributed by atoms with van der Waals surface area (Å²) in [5.41, 5.74) is -0.975. The first-order valence-corrected chi connectivity index (χ1v) is 8.17. The van der Waals surface area contributed by atoms with Crippen LogP contribution in [0.3, 0.4) is 0 Å². The van der Waals surface area contributed by atoms with E-state index in [-0.39, 0.29) is 18.9 Å². The molecule has 130 valence electrons. The molecule has 2 rings (SSSR count). The summed E-state index contributed by atoms with van der Waals surface area (Å²) in [6, 6.07) is 5.21. The fourth-order valence-corrected chi connectivity index (χ4v) is 3.12. The van der Waals surface area contributed by atoms with Crippen LogP contribution in [0.2, 0.25) is 6.32 Å².